The summed E-state index contributed by atoms with van der Waals surface area (Å²) >= 11 is 0. The van der Waals surface area contributed by atoms with E-state index in [1.165, 1.54) is 31.2 Å². The van der Waals surface area contributed by atoms with Crippen molar-refractivity contribution >= 4 is 5.91 Å². The van der Waals surface area contributed by atoms with Crippen molar-refractivity contribution in [3.8, 4) is 11.3 Å². The first-order chi connectivity index (χ1) is 10.2. The fourth-order valence-corrected chi connectivity index (χ4v) is 2.06. The van der Waals surface area contributed by atoms with Crippen LogP contribution in [0.15, 0.2) is 28.8 Å². The lowest BCUT2D eigenvalue weighted by atomic mass is 10.0. The molecule has 1 aromatic carbocycles. The third-order valence-electron chi connectivity index (χ3n) is 2.96. The van der Waals surface area contributed by atoms with Crippen molar-refractivity contribution in [2.24, 2.45) is 0 Å². The van der Waals surface area contributed by atoms with Gasteiger partial charge in [-0.1, -0.05) is 5.16 Å². The van der Waals surface area contributed by atoms with Crippen LogP contribution in [0.5, 0.6) is 0 Å². The first-order valence-electron chi connectivity index (χ1n) is 6.95. The van der Waals surface area contributed by atoms with Crippen molar-refractivity contribution in [2.45, 2.75) is 39.3 Å². The number of carbonyl (C=O) groups excluding carboxylic acids is 1. The maximum atomic E-state index is 13.0. The molecule has 6 heteroatoms. The van der Waals surface area contributed by atoms with Gasteiger partial charge in [-0.3, -0.25) is 4.79 Å². The normalized spacial score (nSPS) is 13.0. The van der Waals surface area contributed by atoms with Gasteiger partial charge >= 0.3 is 0 Å². The van der Waals surface area contributed by atoms with Crippen LogP contribution in [-0.2, 0) is 0 Å². The van der Waals surface area contributed by atoms with Crippen LogP contribution >= 0.6 is 0 Å². The molecule has 2 aromatic rings. The fraction of sp³-hybridized carbons (Fsp3) is 0.375. The Morgan fingerprint density at radius 1 is 1.32 bits per heavy atom. The van der Waals surface area contributed by atoms with Crippen LogP contribution < -0.4 is 5.32 Å². The van der Waals surface area contributed by atoms with E-state index < -0.39 is 17.6 Å². The first kappa shape index (κ1) is 16.2. The van der Waals surface area contributed by atoms with E-state index in [1.54, 1.807) is 0 Å². The standard InChI is InChI=1S/C16H19FN2O3/c1-9(20)12-13(10-5-7-11(17)8-6-10)19-22-14(12)15(21)18-16(2,3)4/h5-9,20H,1-4H3,(H,18,21). The van der Waals surface area contributed by atoms with E-state index >= 15 is 0 Å². The summed E-state index contributed by atoms with van der Waals surface area (Å²) in [6.45, 7) is 7.03. The van der Waals surface area contributed by atoms with Crippen LogP contribution in [0.25, 0.3) is 11.3 Å². The maximum Gasteiger partial charge on any atom is 0.290 e. The Labute approximate surface area is 128 Å². The quantitative estimate of drug-likeness (QED) is 0.914. The lowest BCUT2D eigenvalue weighted by Crippen LogP contribution is -2.40. The summed E-state index contributed by atoms with van der Waals surface area (Å²) in [5, 5.41) is 16.6. The van der Waals surface area contributed by atoms with Gasteiger partial charge in [0.2, 0.25) is 5.76 Å². The van der Waals surface area contributed by atoms with Crippen LogP contribution in [-0.4, -0.2) is 21.7 Å². The molecule has 1 aromatic heterocycles. The number of aliphatic hydroxyl groups excluding tert-OH is 1. The molecule has 0 spiro atoms. The van der Waals surface area contributed by atoms with Crippen molar-refractivity contribution in [2.75, 3.05) is 0 Å². The summed E-state index contributed by atoms with van der Waals surface area (Å²) < 4.78 is 18.2. The molecule has 1 heterocycles. The van der Waals surface area contributed by atoms with Gasteiger partial charge < -0.3 is 14.9 Å². The number of hydrogen-bond donors (Lipinski definition) is 2. The number of aliphatic hydroxyl groups is 1. The van der Waals surface area contributed by atoms with E-state index in [9.17, 15) is 14.3 Å². The van der Waals surface area contributed by atoms with Gasteiger partial charge in [-0.15, -0.1) is 0 Å². The topological polar surface area (TPSA) is 75.4 Å². The van der Waals surface area contributed by atoms with Gasteiger partial charge in [0.15, 0.2) is 0 Å². The zero-order valence-electron chi connectivity index (χ0n) is 13.0. The number of rotatable bonds is 3. The van der Waals surface area contributed by atoms with E-state index in [4.69, 9.17) is 4.52 Å². The number of carbonyl (C=O) groups is 1. The highest BCUT2D eigenvalue weighted by atomic mass is 19.1. The van der Waals surface area contributed by atoms with Crippen LogP contribution in [0.4, 0.5) is 4.39 Å². The van der Waals surface area contributed by atoms with Crippen LogP contribution in [0.2, 0.25) is 0 Å². The van der Waals surface area contributed by atoms with Gasteiger partial charge in [-0.05, 0) is 52.0 Å². The monoisotopic (exact) mass is 306 g/mol. The molecule has 2 rings (SSSR count). The third-order valence-corrected chi connectivity index (χ3v) is 2.96. The molecule has 0 fully saturated rings. The van der Waals surface area contributed by atoms with Gasteiger partial charge in [-0.25, -0.2) is 4.39 Å². The summed E-state index contributed by atoms with van der Waals surface area (Å²) in [4.78, 5) is 12.3. The Balaban J connectivity index is 2.46. The van der Waals surface area contributed by atoms with Gasteiger partial charge in [0.25, 0.3) is 5.91 Å². The number of aromatic nitrogens is 1. The molecule has 0 aliphatic carbocycles. The van der Waals surface area contributed by atoms with Crippen molar-refractivity contribution < 1.29 is 18.8 Å². The maximum absolute atomic E-state index is 13.0. The third kappa shape index (κ3) is 3.51. The molecule has 0 saturated carbocycles. The molecule has 0 radical (unpaired) electrons. The van der Waals surface area contributed by atoms with Gasteiger partial charge in [-0.2, -0.15) is 0 Å². The Kier molecular flexibility index (Phi) is 4.32. The smallest absolute Gasteiger partial charge is 0.290 e. The van der Waals surface area contributed by atoms with Gasteiger partial charge in [0.05, 0.1) is 11.7 Å². The molecule has 0 aliphatic rings. The van der Waals surface area contributed by atoms with Crippen LogP contribution in [0.3, 0.4) is 0 Å². The second-order valence-electron chi connectivity index (χ2n) is 6.16. The van der Waals surface area contributed by atoms with E-state index in [2.05, 4.69) is 10.5 Å². The second kappa shape index (κ2) is 5.88. The minimum absolute atomic E-state index is 0.0377. The molecule has 0 bridgehead atoms. The lowest BCUT2D eigenvalue weighted by molar-refractivity contribution is 0.0873. The zero-order chi connectivity index (χ0) is 16.5. The molecule has 1 unspecified atom stereocenters. The fourth-order valence-electron chi connectivity index (χ4n) is 2.06. The highest BCUT2D eigenvalue weighted by molar-refractivity contribution is 5.95. The van der Waals surface area contributed by atoms with Crippen molar-refractivity contribution in [1.82, 2.24) is 10.5 Å². The number of nitrogens with zero attached hydrogens (tertiary/aromatic N) is 1. The molecule has 1 amide bonds. The van der Waals surface area contributed by atoms with Gasteiger partial charge in [0.1, 0.15) is 11.5 Å². The molecular formula is C16H19FN2O3. The van der Waals surface area contributed by atoms with E-state index in [1.807, 2.05) is 20.8 Å². The summed E-state index contributed by atoms with van der Waals surface area (Å²) in [6, 6.07) is 5.60. The zero-order valence-corrected chi connectivity index (χ0v) is 13.0. The largest absolute Gasteiger partial charge is 0.388 e. The molecule has 22 heavy (non-hydrogen) atoms. The van der Waals surface area contributed by atoms with Crippen LogP contribution in [0, 0.1) is 5.82 Å². The number of halogens is 1. The molecule has 0 saturated heterocycles. The molecule has 0 aliphatic heterocycles. The number of benzene rings is 1. The van der Waals surface area contributed by atoms with Crippen molar-refractivity contribution in [1.29, 1.82) is 0 Å². The summed E-state index contributed by atoms with van der Waals surface area (Å²) in [5.41, 5.74) is 0.730. The Hall–Kier alpha value is -2.21. The predicted molar refractivity (Wildman–Crippen MR) is 79.8 cm³/mol. The second-order valence-corrected chi connectivity index (χ2v) is 6.16. The van der Waals surface area contributed by atoms with Gasteiger partial charge in [0, 0.05) is 11.1 Å². The first-order valence-corrected chi connectivity index (χ1v) is 6.95. The predicted octanol–water partition coefficient (Wildman–Crippen LogP) is 3.06. The molecule has 2 N–H and O–H groups in total. The average molecular weight is 306 g/mol. The summed E-state index contributed by atoms with van der Waals surface area (Å²) in [5.74, 6) is -0.870. The SMILES string of the molecule is CC(O)c1c(-c2ccc(F)cc2)noc1C(=O)NC(C)(C)C. The molecule has 5 nitrogen and oxygen atoms in total. The Morgan fingerprint density at radius 2 is 1.91 bits per heavy atom. The highest BCUT2D eigenvalue weighted by Crippen LogP contribution is 2.30. The van der Waals surface area contributed by atoms with E-state index in [-0.39, 0.29) is 17.1 Å². The molecule has 118 valence electrons. The molecule has 1 atom stereocenters. The van der Waals surface area contributed by atoms with Crippen molar-refractivity contribution in [3.05, 3.63) is 41.4 Å². The van der Waals surface area contributed by atoms with Crippen LogP contribution in [0.1, 0.15) is 49.9 Å². The minimum Gasteiger partial charge on any atom is -0.388 e. The minimum atomic E-state index is -0.952. The Bertz CT molecular complexity index is 670. The van der Waals surface area contributed by atoms with Crippen molar-refractivity contribution in [3.63, 3.8) is 0 Å². The number of amides is 1. The van der Waals surface area contributed by atoms with E-state index in [0.717, 1.165) is 0 Å². The summed E-state index contributed by atoms with van der Waals surface area (Å²) in [6.07, 6.45) is -0.952. The number of hydrogen-bond acceptors (Lipinski definition) is 4. The Morgan fingerprint density at radius 3 is 2.41 bits per heavy atom. The highest BCUT2D eigenvalue weighted by Gasteiger charge is 2.28. The lowest BCUT2D eigenvalue weighted by Gasteiger charge is -2.19. The average Bonchev–Trinajstić information content (AvgIpc) is 2.82. The van der Waals surface area contributed by atoms with E-state index in [0.29, 0.717) is 11.3 Å². The number of nitrogens with one attached hydrogen (secondary N) is 1. The summed E-state index contributed by atoms with van der Waals surface area (Å²) in [7, 11) is 0. The molecular weight excluding hydrogens is 287 g/mol.